The van der Waals surface area contributed by atoms with Crippen molar-refractivity contribution in [3.05, 3.63) is 0 Å². The van der Waals surface area contributed by atoms with Crippen molar-refractivity contribution < 1.29 is 24.9 Å². The minimum atomic E-state index is -1.03. The van der Waals surface area contributed by atoms with Crippen LogP contribution in [-0.2, 0) is 4.79 Å². The van der Waals surface area contributed by atoms with Gasteiger partial charge < -0.3 is 20.2 Å². The molecule has 2 saturated heterocycles. The number of likely N-dealkylation sites (tertiary alicyclic amines) is 1. The number of hydrogen-bond donors (Lipinski definition) is 3. The second kappa shape index (κ2) is 4.94. The first-order valence-corrected chi connectivity index (χ1v) is 6.74. The van der Waals surface area contributed by atoms with Gasteiger partial charge in [0, 0.05) is 5.75 Å². The molecule has 2 rings (SSSR count). The molecule has 4 unspecified atom stereocenters. The Morgan fingerprint density at radius 1 is 1.22 bits per heavy atom. The molecule has 4 atom stereocenters. The van der Waals surface area contributed by atoms with E-state index in [9.17, 15) is 19.8 Å². The zero-order valence-corrected chi connectivity index (χ0v) is 10.7. The van der Waals surface area contributed by atoms with Crippen LogP contribution >= 0.6 is 11.8 Å². The average molecular weight is 276 g/mol. The molecule has 0 bridgehead atoms. The van der Waals surface area contributed by atoms with Crippen LogP contribution in [0.4, 0.5) is 4.79 Å². The Bertz CT molecular complexity index is 356. The van der Waals surface area contributed by atoms with Crippen LogP contribution in [0.25, 0.3) is 0 Å². The lowest BCUT2D eigenvalue weighted by atomic mass is 10.3. The number of hydrogen-bond acceptors (Lipinski definition) is 5. The molecule has 18 heavy (non-hydrogen) atoms. The lowest BCUT2D eigenvalue weighted by Gasteiger charge is -2.29. The van der Waals surface area contributed by atoms with Gasteiger partial charge in [0.25, 0.3) is 0 Å². The highest BCUT2D eigenvalue weighted by atomic mass is 32.2. The van der Waals surface area contributed by atoms with E-state index < -0.39 is 30.3 Å². The van der Waals surface area contributed by atoms with Gasteiger partial charge in [0.05, 0.1) is 30.7 Å². The maximum Gasteiger partial charge on any atom is 0.327 e. The molecule has 0 aromatic heterocycles. The normalized spacial score (nSPS) is 36.2. The zero-order valence-electron chi connectivity index (χ0n) is 9.89. The van der Waals surface area contributed by atoms with Crippen LogP contribution in [0, 0.1) is 0 Å². The van der Waals surface area contributed by atoms with E-state index in [1.807, 2.05) is 0 Å². The first kappa shape index (κ1) is 13.4. The number of nitrogens with zero attached hydrogens (tertiary/aromatic N) is 2. The van der Waals surface area contributed by atoms with Crippen molar-refractivity contribution in [1.29, 1.82) is 0 Å². The van der Waals surface area contributed by atoms with Crippen LogP contribution in [0.3, 0.4) is 0 Å². The van der Waals surface area contributed by atoms with Crippen molar-refractivity contribution >= 4 is 23.8 Å². The van der Waals surface area contributed by atoms with Crippen LogP contribution in [0.15, 0.2) is 0 Å². The maximum absolute atomic E-state index is 12.2. The topological polar surface area (TPSA) is 101 Å². The third-order valence-corrected chi connectivity index (χ3v) is 4.48. The highest BCUT2D eigenvalue weighted by Gasteiger charge is 2.43. The molecule has 102 valence electrons. The predicted molar refractivity (Wildman–Crippen MR) is 64.2 cm³/mol. The number of rotatable bonds is 1. The van der Waals surface area contributed by atoms with Gasteiger partial charge in [-0.1, -0.05) is 0 Å². The molecule has 8 heteroatoms. The summed E-state index contributed by atoms with van der Waals surface area (Å²) < 4.78 is 0. The maximum atomic E-state index is 12.2. The lowest BCUT2D eigenvalue weighted by molar-refractivity contribution is -0.141. The third-order valence-electron chi connectivity index (χ3n) is 3.26. The van der Waals surface area contributed by atoms with Gasteiger partial charge in [-0.2, -0.15) is 0 Å². The summed E-state index contributed by atoms with van der Waals surface area (Å²) in [4.78, 5) is 25.9. The number of amides is 2. The highest BCUT2D eigenvalue weighted by Crippen LogP contribution is 2.30. The monoisotopic (exact) mass is 276 g/mol. The minimum Gasteiger partial charge on any atom is -0.480 e. The van der Waals surface area contributed by atoms with Gasteiger partial charge in [-0.05, 0) is 6.92 Å². The molecular formula is C10H16N2O5S. The fraction of sp³-hybridized carbons (Fsp3) is 0.800. The van der Waals surface area contributed by atoms with Gasteiger partial charge in [-0.25, -0.2) is 9.59 Å². The van der Waals surface area contributed by atoms with E-state index >= 15 is 0 Å². The Morgan fingerprint density at radius 3 is 2.28 bits per heavy atom. The van der Waals surface area contributed by atoms with E-state index in [0.717, 1.165) is 0 Å². The van der Waals surface area contributed by atoms with Crippen LogP contribution in [0.2, 0.25) is 0 Å². The first-order chi connectivity index (χ1) is 8.41. The molecule has 0 saturated carbocycles. The fourth-order valence-electron chi connectivity index (χ4n) is 2.21. The summed E-state index contributed by atoms with van der Waals surface area (Å²) in [5, 5.41) is 27.7. The number of β-amino-alcohol motifs (C(OH)–C–C–N with tert-alkyl or cyclic N) is 2. The number of carboxylic acid groups (broad SMARTS) is 1. The number of carbonyl (C=O) groups is 2. The number of urea groups is 1. The van der Waals surface area contributed by atoms with Crippen LogP contribution in [0.1, 0.15) is 6.92 Å². The molecule has 2 heterocycles. The summed E-state index contributed by atoms with van der Waals surface area (Å²) >= 11 is 1.40. The molecule has 2 aliphatic heterocycles. The van der Waals surface area contributed by atoms with Crippen molar-refractivity contribution in [2.45, 2.75) is 30.5 Å². The number of aliphatic carboxylic acids is 1. The number of carboxylic acids is 1. The van der Waals surface area contributed by atoms with Gasteiger partial charge >= 0.3 is 12.0 Å². The van der Waals surface area contributed by atoms with Crippen molar-refractivity contribution in [1.82, 2.24) is 9.80 Å². The summed E-state index contributed by atoms with van der Waals surface area (Å²) in [7, 11) is 0. The van der Waals surface area contributed by atoms with E-state index in [1.54, 1.807) is 6.92 Å². The fourth-order valence-corrected chi connectivity index (χ4v) is 3.37. The van der Waals surface area contributed by atoms with E-state index in [0.29, 0.717) is 5.75 Å². The Morgan fingerprint density at radius 2 is 1.78 bits per heavy atom. The lowest BCUT2D eigenvalue weighted by Crippen LogP contribution is -2.50. The summed E-state index contributed by atoms with van der Waals surface area (Å²) in [5.41, 5.74) is 0. The van der Waals surface area contributed by atoms with Gasteiger partial charge in [0.2, 0.25) is 0 Å². The van der Waals surface area contributed by atoms with Gasteiger partial charge in [-0.15, -0.1) is 11.8 Å². The van der Waals surface area contributed by atoms with E-state index in [2.05, 4.69) is 0 Å². The standard InChI is InChI=1S/C10H16N2O5S/c1-5-12(6(4-18-5)9(15)16)10(17)11-2-7(13)8(14)3-11/h5-8,13-14H,2-4H2,1H3,(H,15,16). The van der Waals surface area contributed by atoms with Gasteiger partial charge in [0.1, 0.15) is 6.04 Å². The Balaban J connectivity index is 2.10. The molecule has 2 amide bonds. The molecule has 7 nitrogen and oxygen atoms in total. The third kappa shape index (κ3) is 2.27. The smallest absolute Gasteiger partial charge is 0.327 e. The van der Waals surface area contributed by atoms with Gasteiger partial charge in [-0.3, -0.25) is 4.90 Å². The number of aliphatic hydroxyl groups is 2. The summed E-state index contributed by atoms with van der Waals surface area (Å²) in [6.07, 6.45) is -1.91. The number of thioether (sulfide) groups is 1. The SMILES string of the molecule is CC1SCC(C(=O)O)N1C(=O)N1CC(O)C(O)C1. The van der Waals surface area contributed by atoms with E-state index in [4.69, 9.17) is 5.11 Å². The van der Waals surface area contributed by atoms with Crippen molar-refractivity contribution in [3.63, 3.8) is 0 Å². The van der Waals surface area contributed by atoms with Crippen LogP contribution < -0.4 is 0 Å². The average Bonchev–Trinajstić information content (AvgIpc) is 2.83. The largest absolute Gasteiger partial charge is 0.480 e. The number of carbonyl (C=O) groups excluding carboxylic acids is 1. The molecule has 0 aromatic rings. The molecule has 2 aliphatic rings. The molecular weight excluding hydrogens is 260 g/mol. The Hall–Kier alpha value is -0.990. The van der Waals surface area contributed by atoms with Crippen molar-refractivity contribution in [2.75, 3.05) is 18.8 Å². The summed E-state index contributed by atoms with van der Waals surface area (Å²) in [6.45, 7) is 1.86. The summed E-state index contributed by atoms with van der Waals surface area (Å²) in [6, 6.07) is -1.28. The molecule has 0 spiro atoms. The van der Waals surface area contributed by atoms with Crippen molar-refractivity contribution in [2.24, 2.45) is 0 Å². The molecule has 0 aliphatic carbocycles. The van der Waals surface area contributed by atoms with Gasteiger partial charge in [0.15, 0.2) is 0 Å². The first-order valence-electron chi connectivity index (χ1n) is 5.69. The minimum absolute atomic E-state index is 0.0419. The zero-order chi connectivity index (χ0) is 13.4. The second-order valence-electron chi connectivity index (χ2n) is 4.52. The van der Waals surface area contributed by atoms with Crippen LogP contribution in [0.5, 0.6) is 0 Å². The predicted octanol–water partition coefficient (Wildman–Crippen LogP) is -1.01. The number of aliphatic hydroxyl groups excluding tert-OH is 2. The Kier molecular flexibility index (Phi) is 3.69. The molecule has 2 fully saturated rings. The van der Waals surface area contributed by atoms with Crippen LogP contribution in [-0.4, -0.2) is 79.6 Å². The quantitative estimate of drug-likeness (QED) is 0.567. The highest BCUT2D eigenvalue weighted by molar-refractivity contribution is 8.00. The summed E-state index contributed by atoms with van der Waals surface area (Å²) in [5.74, 6) is -0.665. The molecule has 0 radical (unpaired) electrons. The van der Waals surface area contributed by atoms with Crippen molar-refractivity contribution in [3.8, 4) is 0 Å². The van der Waals surface area contributed by atoms with E-state index in [1.165, 1.54) is 21.6 Å². The molecule has 0 aromatic carbocycles. The van der Waals surface area contributed by atoms with E-state index in [-0.39, 0.29) is 18.5 Å². The Labute approximate surface area is 108 Å². The molecule has 3 N–H and O–H groups in total. The second-order valence-corrected chi connectivity index (χ2v) is 5.87.